The van der Waals surface area contributed by atoms with E-state index in [2.05, 4.69) is 143 Å². The predicted molar refractivity (Wildman–Crippen MR) is 168 cm³/mol. The number of allylic oxidation sites excluding steroid dienone is 1. The molecule has 0 spiro atoms. The maximum absolute atomic E-state index is 2.39. The van der Waals surface area contributed by atoms with Crippen LogP contribution in [-0.4, -0.2) is 4.57 Å². The van der Waals surface area contributed by atoms with E-state index in [1.807, 2.05) is 11.3 Å². The summed E-state index contributed by atoms with van der Waals surface area (Å²) in [6.07, 6.45) is 6.83. The van der Waals surface area contributed by atoms with Gasteiger partial charge in [0.15, 0.2) is 0 Å². The summed E-state index contributed by atoms with van der Waals surface area (Å²) in [5, 5.41) is 3.94. The molecule has 2 heterocycles. The monoisotopic (exact) mass is 518 g/mol. The molecule has 0 radical (unpaired) electrons. The van der Waals surface area contributed by atoms with Gasteiger partial charge in [-0.15, -0.1) is 11.3 Å². The summed E-state index contributed by atoms with van der Waals surface area (Å²) in [5.74, 6) is 0. The normalized spacial score (nSPS) is 12.8. The van der Waals surface area contributed by atoms with Crippen molar-refractivity contribution in [1.29, 1.82) is 0 Å². The third-order valence-electron chi connectivity index (χ3n) is 7.83. The lowest BCUT2D eigenvalue weighted by molar-refractivity contribution is 1.01. The standard InChI is InChI=1S/C36H26N2S/c1-2-11-25(12-3-1)37(28-21-22-36-32(24-28)31-17-6-9-20-35(31)39-36)26-13-10-14-27(23-26)38-33-18-7-4-15-29(33)30-16-5-8-19-34(30)38/h1-5,7-16,18-24H,6,17H2. The molecule has 1 aliphatic rings. The minimum atomic E-state index is 1.11. The molecule has 3 heteroatoms. The van der Waals surface area contributed by atoms with Crippen LogP contribution in [0.15, 0.2) is 127 Å². The molecule has 0 saturated carbocycles. The Morgan fingerprint density at radius 2 is 1.28 bits per heavy atom. The van der Waals surface area contributed by atoms with Crippen molar-refractivity contribution in [2.75, 3.05) is 4.90 Å². The SMILES string of the molecule is C1=Cc2sc3ccc(N(c4ccccc4)c4cccc(-n5c6ccccc6c6ccccc65)c4)cc3c2CC1. The summed E-state index contributed by atoms with van der Waals surface area (Å²) >= 11 is 1.91. The number of hydrogen-bond donors (Lipinski definition) is 0. The summed E-state index contributed by atoms with van der Waals surface area (Å²) < 4.78 is 3.75. The van der Waals surface area contributed by atoms with E-state index in [9.17, 15) is 0 Å². The van der Waals surface area contributed by atoms with Crippen molar-refractivity contribution < 1.29 is 0 Å². The van der Waals surface area contributed by atoms with Crippen LogP contribution < -0.4 is 4.90 Å². The van der Waals surface area contributed by atoms with Crippen LogP contribution >= 0.6 is 11.3 Å². The molecule has 0 saturated heterocycles. The molecule has 0 fully saturated rings. The van der Waals surface area contributed by atoms with Gasteiger partial charge in [0.25, 0.3) is 0 Å². The van der Waals surface area contributed by atoms with Crippen LogP contribution in [0.1, 0.15) is 16.9 Å². The molecule has 0 amide bonds. The fourth-order valence-corrected chi connectivity index (χ4v) is 7.27. The topological polar surface area (TPSA) is 8.17 Å². The van der Waals surface area contributed by atoms with E-state index >= 15 is 0 Å². The number of aryl methyl sites for hydroxylation is 1. The van der Waals surface area contributed by atoms with Gasteiger partial charge in [-0.1, -0.05) is 66.7 Å². The number of thiophene rings is 1. The second-order valence-electron chi connectivity index (χ2n) is 10.1. The highest BCUT2D eigenvalue weighted by atomic mass is 32.1. The third-order valence-corrected chi connectivity index (χ3v) is 9.01. The van der Waals surface area contributed by atoms with Gasteiger partial charge < -0.3 is 9.47 Å². The van der Waals surface area contributed by atoms with Crippen molar-refractivity contribution in [3.63, 3.8) is 0 Å². The van der Waals surface area contributed by atoms with E-state index in [4.69, 9.17) is 0 Å². The molecular weight excluding hydrogens is 492 g/mol. The van der Waals surface area contributed by atoms with Crippen molar-refractivity contribution >= 4 is 66.4 Å². The van der Waals surface area contributed by atoms with Gasteiger partial charge in [-0.3, -0.25) is 0 Å². The molecule has 7 aromatic rings. The Kier molecular flexibility index (Phi) is 5.17. The first-order valence-electron chi connectivity index (χ1n) is 13.5. The Balaban J connectivity index is 1.34. The smallest absolute Gasteiger partial charge is 0.0541 e. The minimum absolute atomic E-state index is 1.11. The summed E-state index contributed by atoms with van der Waals surface area (Å²) in [4.78, 5) is 3.80. The second kappa shape index (κ2) is 9.00. The molecule has 0 unspecified atom stereocenters. The molecule has 0 aliphatic heterocycles. The van der Waals surface area contributed by atoms with Crippen LogP contribution in [0, 0.1) is 0 Å². The molecular formula is C36H26N2S. The maximum atomic E-state index is 2.39. The lowest BCUT2D eigenvalue weighted by Gasteiger charge is -2.26. The van der Waals surface area contributed by atoms with Crippen molar-refractivity contribution in [2.45, 2.75) is 12.8 Å². The lowest BCUT2D eigenvalue weighted by atomic mass is 10.0. The molecule has 5 aromatic carbocycles. The molecule has 2 nitrogen and oxygen atoms in total. The summed E-state index contributed by atoms with van der Waals surface area (Å²) in [5.41, 5.74) is 8.58. The van der Waals surface area contributed by atoms with E-state index in [1.165, 1.54) is 48.0 Å². The average Bonchev–Trinajstić information content (AvgIpc) is 3.54. The predicted octanol–water partition coefficient (Wildman–Crippen LogP) is 10.4. The molecule has 1 aliphatic carbocycles. The number of aromatic nitrogens is 1. The zero-order valence-electron chi connectivity index (χ0n) is 21.4. The van der Waals surface area contributed by atoms with Crippen LogP contribution in [0.2, 0.25) is 0 Å². The Morgan fingerprint density at radius 3 is 2.08 bits per heavy atom. The van der Waals surface area contributed by atoms with Gasteiger partial charge in [-0.25, -0.2) is 0 Å². The first-order chi connectivity index (χ1) is 19.3. The Morgan fingerprint density at radius 1 is 0.590 bits per heavy atom. The average molecular weight is 519 g/mol. The second-order valence-corrected chi connectivity index (χ2v) is 11.2. The van der Waals surface area contributed by atoms with Crippen LogP contribution in [0.3, 0.4) is 0 Å². The molecule has 0 N–H and O–H groups in total. The zero-order valence-corrected chi connectivity index (χ0v) is 22.2. The Labute approximate surface area is 231 Å². The van der Waals surface area contributed by atoms with E-state index in [-0.39, 0.29) is 0 Å². The van der Waals surface area contributed by atoms with E-state index in [0.29, 0.717) is 0 Å². The largest absolute Gasteiger partial charge is 0.310 e. The summed E-state index contributed by atoms with van der Waals surface area (Å²) in [7, 11) is 0. The van der Waals surface area contributed by atoms with Crippen molar-refractivity contribution in [3.05, 3.63) is 138 Å². The maximum Gasteiger partial charge on any atom is 0.0541 e. The highest BCUT2D eigenvalue weighted by Crippen LogP contribution is 2.42. The summed E-state index contributed by atoms with van der Waals surface area (Å²) in [6.45, 7) is 0. The molecule has 39 heavy (non-hydrogen) atoms. The van der Waals surface area contributed by atoms with E-state index in [0.717, 1.165) is 29.9 Å². The minimum Gasteiger partial charge on any atom is -0.310 e. The fourth-order valence-electron chi connectivity index (χ4n) is 6.10. The third kappa shape index (κ3) is 3.62. The van der Waals surface area contributed by atoms with Crippen molar-refractivity contribution in [2.24, 2.45) is 0 Å². The van der Waals surface area contributed by atoms with Gasteiger partial charge in [0, 0.05) is 43.1 Å². The van der Waals surface area contributed by atoms with Crippen LogP contribution in [0.5, 0.6) is 0 Å². The van der Waals surface area contributed by atoms with Crippen molar-refractivity contribution in [3.8, 4) is 5.69 Å². The van der Waals surface area contributed by atoms with Crippen LogP contribution in [-0.2, 0) is 6.42 Å². The number of fused-ring (bicyclic) bond motifs is 6. The number of hydrogen-bond acceptors (Lipinski definition) is 2. The Hall–Kier alpha value is -4.60. The van der Waals surface area contributed by atoms with Crippen LogP contribution in [0.4, 0.5) is 17.1 Å². The quantitative estimate of drug-likeness (QED) is 0.225. The van der Waals surface area contributed by atoms with E-state index in [1.54, 1.807) is 0 Å². The highest BCUT2D eigenvalue weighted by molar-refractivity contribution is 7.20. The Bertz CT molecular complexity index is 1970. The number of anilines is 3. The van der Waals surface area contributed by atoms with Gasteiger partial charge >= 0.3 is 0 Å². The van der Waals surface area contributed by atoms with Gasteiger partial charge in [-0.2, -0.15) is 0 Å². The van der Waals surface area contributed by atoms with Gasteiger partial charge in [0.2, 0.25) is 0 Å². The van der Waals surface area contributed by atoms with Gasteiger partial charge in [-0.05, 0) is 90.5 Å². The summed E-state index contributed by atoms with van der Waals surface area (Å²) in [6, 6.07) is 44.0. The number of nitrogens with zero attached hydrogens (tertiary/aromatic N) is 2. The number of benzene rings is 5. The number of para-hydroxylation sites is 3. The van der Waals surface area contributed by atoms with Gasteiger partial charge in [0.05, 0.1) is 11.0 Å². The molecule has 186 valence electrons. The molecule has 0 atom stereocenters. The molecule has 8 rings (SSSR count). The zero-order chi connectivity index (χ0) is 25.8. The first kappa shape index (κ1) is 22.4. The first-order valence-corrected chi connectivity index (χ1v) is 14.3. The van der Waals surface area contributed by atoms with Crippen molar-refractivity contribution in [1.82, 2.24) is 4.57 Å². The fraction of sp³-hybridized carbons (Fsp3) is 0.0556. The van der Waals surface area contributed by atoms with Crippen LogP contribution in [0.25, 0.3) is 43.7 Å². The van der Waals surface area contributed by atoms with Gasteiger partial charge in [0.1, 0.15) is 0 Å². The molecule has 0 bridgehead atoms. The van der Waals surface area contributed by atoms with E-state index < -0.39 is 0 Å². The number of rotatable bonds is 4. The lowest BCUT2D eigenvalue weighted by Crippen LogP contribution is -2.10. The molecule has 2 aromatic heterocycles. The highest BCUT2D eigenvalue weighted by Gasteiger charge is 2.18.